The first kappa shape index (κ1) is 13.9. The van der Waals surface area contributed by atoms with Crippen LogP contribution in [0.3, 0.4) is 0 Å². The van der Waals surface area contributed by atoms with Gasteiger partial charge < -0.3 is 10.0 Å². The molecule has 1 saturated carbocycles. The lowest BCUT2D eigenvalue weighted by atomic mass is 9.67. The Morgan fingerprint density at radius 3 is 2.50 bits per heavy atom. The van der Waals surface area contributed by atoms with E-state index in [0.29, 0.717) is 18.9 Å². The maximum absolute atomic E-state index is 12.8. The molecule has 0 aromatic rings. The van der Waals surface area contributed by atoms with E-state index in [1.807, 2.05) is 4.90 Å². The summed E-state index contributed by atoms with van der Waals surface area (Å²) in [5.74, 6) is -1.05. The van der Waals surface area contributed by atoms with Gasteiger partial charge in [-0.15, -0.1) is 0 Å². The number of carboxylic acids is 1. The SMILES string of the molecule is CC1CN2CCCCC2CN1C(=O)C1(C(=O)O)CCC1. The smallest absolute Gasteiger partial charge is 0.319 e. The first-order valence-electron chi connectivity index (χ1n) is 7.83. The number of nitrogens with zero attached hydrogens (tertiary/aromatic N) is 2. The summed E-state index contributed by atoms with van der Waals surface area (Å²) in [6.45, 7) is 4.79. The van der Waals surface area contributed by atoms with E-state index < -0.39 is 11.4 Å². The topological polar surface area (TPSA) is 60.9 Å². The van der Waals surface area contributed by atoms with E-state index in [0.717, 1.165) is 32.5 Å². The number of aliphatic carboxylic acids is 1. The zero-order chi connectivity index (χ0) is 14.3. The van der Waals surface area contributed by atoms with Crippen LogP contribution in [0.5, 0.6) is 0 Å². The molecule has 2 aliphatic heterocycles. The Kier molecular flexibility index (Phi) is 3.48. The predicted molar refractivity (Wildman–Crippen MR) is 74.3 cm³/mol. The molecule has 0 spiro atoms. The lowest BCUT2D eigenvalue weighted by Gasteiger charge is -2.50. The summed E-state index contributed by atoms with van der Waals surface area (Å²) in [4.78, 5) is 28.6. The summed E-state index contributed by atoms with van der Waals surface area (Å²) in [7, 11) is 0. The van der Waals surface area contributed by atoms with Crippen LogP contribution in [0.4, 0.5) is 0 Å². The fourth-order valence-electron chi connectivity index (χ4n) is 3.96. The van der Waals surface area contributed by atoms with Gasteiger partial charge in [-0.3, -0.25) is 14.5 Å². The van der Waals surface area contributed by atoms with E-state index >= 15 is 0 Å². The molecule has 2 atom stereocenters. The third-order valence-electron chi connectivity index (χ3n) is 5.47. The fraction of sp³-hybridized carbons (Fsp3) is 0.867. The van der Waals surface area contributed by atoms with Gasteiger partial charge in [0.15, 0.2) is 0 Å². The third kappa shape index (κ3) is 2.03. The number of carbonyl (C=O) groups excluding carboxylic acids is 1. The highest BCUT2D eigenvalue weighted by molar-refractivity contribution is 6.03. The van der Waals surface area contributed by atoms with Crippen molar-refractivity contribution in [2.45, 2.75) is 57.5 Å². The van der Waals surface area contributed by atoms with Crippen molar-refractivity contribution in [3.63, 3.8) is 0 Å². The highest BCUT2D eigenvalue weighted by Gasteiger charge is 2.54. The fourth-order valence-corrected chi connectivity index (χ4v) is 3.96. The van der Waals surface area contributed by atoms with Crippen LogP contribution in [0.1, 0.15) is 45.4 Å². The van der Waals surface area contributed by atoms with Crippen LogP contribution >= 0.6 is 0 Å². The van der Waals surface area contributed by atoms with Gasteiger partial charge in [0, 0.05) is 25.2 Å². The van der Waals surface area contributed by atoms with E-state index in [2.05, 4.69) is 11.8 Å². The molecule has 20 heavy (non-hydrogen) atoms. The van der Waals surface area contributed by atoms with E-state index in [4.69, 9.17) is 0 Å². The van der Waals surface area contributed by atoms with Crippen molar-refractivity contribution >= 4 is 11.9 Å². The molecule has 1 N–H and O–H groups in total. The first-order valence-corrected chi connectivity index (χ1v) is 7.83. The molecule has 3 aliphatic rings. The Morgan fingerprint density at radius 2 is 1.90 bits per heavy atom. The van der Waals surface area contributed by atoms with E-state index in [-0.39, 0.29) is 11.9 Å². The van der Waals surface area contributed by atoms with Crippen molar-refractivity contribution in [2.24, 2.45) is 5.41 Å². The van der Waals surface area contributed by atoms with Gasteiger partial charge in [0.25, 0.3) is 0 Å². The van der Waals surface area contributed by atoms with Gasteiger partial charge in [0.1, 0.15) is 5.41 Å². The second kappa shape index (κ2) is 5.02. The molecule has 1 aliphatic carbocycles. The van der Waals surface area contributed by atoms with Crippen LogP contribution in [-0.4, -0.2) is 58.5 Å². The Balaban J connectivity index is 1.76. The minimum absolute atomic E-state index is 0.131. The second-order valence-corrected chi connectivity index (χ2v) is 6.69. The lowest BCUT2D eigenvalue weighted by Crippen LogP contribution is -2.64. The molecule has 1 amide bonds. The lowest BCUT2D eigenvalue weighted by molar-refractivity contribution is -0.171. The number of rotatable bonds is 2. The third-order valence-corrected chi connectivity index (χ3v) is 5.47. The highest BCUT2D eigenvalue weighted by atomic mass is 16.4. The van der Waals surface area contributed by atoms with Crippen LogP contribution in [0, 0.1) is 5.41 Å². The number of carbonyl (C=O) groups is 2. The van der Waals surface area contributed by atoms with Gasteiger partial charge >= 0.3 is 5.97 Å². The van der Waals surface area contributed by atoms with Crippen molar-refractivity contribution in [1.29, 1.82) is 0 Å². The molecule has 3 fully saturated rings. The van der Waals surface area contributed by atoms with Gasteiger partial charge in [0.2, 0.25) is 5.91 Å². The van der Waals surface area contributed by atoms with Gasteiger partial charge in [-0.2, -0.15) is 0 Å². The summed E-state index contributed by atoms with van der Waals surface area (Å²) >= 11 is 0. The zero-order valence-electron chi connectivity index (χ0n) is 12.2. The quantitative estimate of drug-likeness (QED) is 0.775. The maximum Gasteiger partial charge on any atom is 0.319 e. The Labute approximate surface area is 119 Å². The standard InChI is InChI=1S/C15H24N2O3/c1-11-9-16-8-3-2-5-12(16)10-17(11)13(18)15(14(19)20)6-4-7-15/h11-12H,2-10H2,1H3,(H,19,20). The Bertz CT molecular complexity index is 419. The van der Waals surface area contributed by atoms with Gasteiger partial charge in [-0.1, -0.05) is 12.8 Å². The summed E-state index contributed by atoms with van der Waals surface area (Å²) in [6, 6.07) is 0.573. The number of piperazine rings is 1. The van der Waals surface area contributed by atoms with Crippen LogP contribution in [0.2, 0.25) is 0 Å². The summed E-state index contributed by atoms with van der Waals surface area (Å²) in [6.07, 6.45) is 5.49. The number of hydrogen-bond donors (Lipinski definition) is 1. The van der Waals surface area contributed by atoms with E-state index in [1.165, 1.54) is 12.8 Å². The average Bonchev–Trinajstić information content (AvgIpc) is 2.35. The van der Waals surface area contributed by atoms with Gasteiger partial charge in [-0.25, -0.2) is 0 Å². The number of carboxylic acid groups (broad SMARTS) is 1. The zero-order valence-corrected chi connectivity index (χ0v) is 12.2. The minimum atomic E-state index is -1.11. The van der Waals surface area contributed by atoms with Crippen LogP contribution < -0.4 is 0 Å². The molecule has 2 saturated heterocycles. The average molecular weight is 280 g/mol. The molecular weight excluding hydrogens is 256 g/mol. The Morgan fingerprint density at radius 1 is 1.15 bits per heavy atom. The first-order chi connectivity index (χ1) is 9.54. The Hall–Kier alpha value is -1.10. The summed E-state index contributed by atoms with van der Waals surface area (Å²) in [5.41, 5.74) is -1.11. The van der Waals surface area contributed by atoms with Crippen LogP contribution in [0.15, 0.2) is 0 Å². The molecule has 3 rings (SSSR count). The molecule has 0 aromatic heterocycles. The molecule has 0 radical (unpaired) electrons. The molecule has 112 valence electrons. The second-order valence-electron chi connectivity index (χ2n) is 6.69. The molecular formula is C15H24N2O3. The van der Waals surface area contributed by atoms with Crippen molar-refractivity contribution in [1.82, 2.24) is 9.80 Å². The molecule has 5 heteroatoms. The van der Waals surface area contributed by atoms with E-state index in [1.54, 1.807) is 0 Å². The van der Waals surface area contributed by atoms with Crippen molar-refractivity contribution in [3.05, 3.63) is 0 Å². The molecule has 2 heterocycles. The van der Waals surface area contributed by atoms with Crippen LogP contribution in [0.25, 0.3) is 0 Å². The number of amides is 1. The normalized spacial score (nSPS) is 33.1. The highest BCUT2D eigenvalue weighted by Crippen LogP contribution is 2.43. The molecule has 2 unspecified atom stereocenters. The summed E-state index contributed by atoms with van der Waals surface area (Å²) in [5, 5.41) is 9.45. The monoisotopic (exact) mass is 280 g/mol. The summed E-state index contributed by atoms with van der Waals surface area (Å²) < 4.78 is 0. The van der Waals surface area contributed by atoms with Gasteiger partial charge in [-0.05, 0) is 39.2 Å². The maximum atomic E-state index is 12.8. The van der Waals surface area contributed by atoms with Crippen molar-refractivity contribution in [3.8, 4) is 0 Å². The molecule has 0 bridgehead atoms. The molecule has 5 nitrogen and oxygen atoms in total. The minimum Gasteiger partial charge on any atom is -0.480 e. The van der Waals surface area contributed by atoms with E-state index in [9.17, 15) is 14.7 Å². The number of hydrogen-bond acceptors (Lipinski definition) is 3. The van der Waals surface area contributed by atoms with Crippen molar-refractivity contribution in [2.75, 3.05) is 19.6 Å². The van der Waals surface area contributed by atoms with Crippen molar-refractivity contribution < 1.29 is 14.7 Å². The predicted octanol–water partition coefficient (Wildman–Crippen LogP) is 1.33. The number of piperidine rings is 1. The van der Waals surface area contributed by atoms with Crippen LogP contribution in [-0.2, 0) is 9.59 Å². The molecule has 0 aromatic carbocycles. The number of fused-ring (bicyclic) bond motifs is 1. The largest absolute Gasteiger partial charge is 0.480 e. The van der Waals surface area contributed by atoms with Gasteiger partial charge in [0.05, 0.1) is 0 Å².